The third-order valence-electron chi connectivity index (χ3n) is 4.76. The minimum absolute atomic E-state index is 0.151. The molecule has 0 unspecified atom stereocenters. The van der Waals surface area contributed by atoms with Gasteiger partial charge < -0.3 is 5.73 Å². The summed E-state index contributed by atoms with van der Waals surface area (Å²) >= 11 is 3.29. The first-order chi connectivity index (χ1) is 9.20. The zero-order chi connectivity index (χ0) is 15.0. The molecule has 2 rings (SSSR count). The number of benzene rings is 1. The van der Waals surface area contributed by atoms with E-state index in [1.165, 1.54) is 6.07 Å². The van der Waals surface area contributed by atoms with E-state index in [2.05, 4.69) is 36.7 Å². The standard InChI is InChI=1S/C17H25BrFN/c1-16(2,3)13-6-8-17(20,9-7-13)11-12-4-5-14(18)10-15(12)19/h4-5,10,13H,6-9,11,20H2,1-3H3. The van der Waals surface area contributed by atoms with Gasteiger partial charge in [-0.1, -0.05) is 42.8 Å². The molecule has 0 aliphatic heterocycles. The highest BCUT2D eigenvalue weighted by molar-refractivity contribution is 9.10. The third kappa shape index (κ3) is 3.82. The minimum atomic E-state index is -0.240. The van der Waals surface area contributed by atoms with Crippen molar-refractivity contribution in [3.05, 3.63) is 34.1 Å². The fourth-order valence-corrected chi connectivity index (χ4v) is 3.61. The molecule has 1 fully saturated rings. The molecule has 0 saturated heterocycles. The molecular weight excluding hydrogens is 317 g/mol. The Labute approximate surface area is 130 Å². The molecule has 0 bridgehead atoms. The van der Waals surface area contributed by atoms with Gasteiger partial charge in [-0.25, -0.2) is 4.39 Å². The Morgan fingerprint density at radius 2 is 1.90 bits per heavy atom. The lowest BCUT2D eigenvalue weighted by Crippen LogP contribution is -2.46. The Hall–Kier alpha value is -0.410. The van der Waals surface area contributed by atoms with Crippen molar-refractivity contribution in [1.82, 2.24) is 0 Å². The van der Waals surface area contributed by atoms with Crippen molar-refractivity contribution >= 4 is 15.9 Å². The highest BCUT2D eigenvalue weighted by atomic mass is 79.9. The van der Waals surface area contributed by atoms with Gasteiger partial charge in [-0.05, 0) is 61.1 Å². The van der Waals surface area contributed by atoms with Gasteiger partial charge in [0.2, 0.25) is 0 Å². The van der Waals surface area contributed by atoms with Crippen LogP contribution in [0.4, 0.5) is 4.39 Å². The zero-order valence-corrected chi connectivity index (χ0v) is 14.3. The van der Waals surface area contributed by atoms with E-state index in [1.807, 2.05) is 12.1 Å². The maximum atomic E-state index is 14.0. The molecular formula is C17H25BrFN. The molecule has 0 radical (unpaired) electrons. The van der Waals surface area contributed by atoms with Crippen LogP contribution in [0.5, 0.6) is 0 Å². The van der Waals surface area contributed by atoms with Crippen LogP contribution >= 0.6 is 15.9 Å². The van der Waals surface area contributed by atoms with E-state index in [9.17, 15) is 4.39 Å². The summed E-state index contributed by atoms with van der Waals surface area (Å²) < 4.78 is 14.7. The second kappa shape index (κ2) is 5.76. The normalized spacial score (nSPS) is 27.6. The largest absolute Gasteiger partial charge is 0.325 e. The fourth-order valence-electron chi connectivity index (χ4n) is 3.28. The molecule has 0 amide bonds. The lowest BCUT2D eigenvalue weighted by Gasteiger charge is -2.42. The minimum Gasteiger partial charge on any atom is -0.325 e. The quantitative estimate of drug-likeness (QED) is 0.798. The van der Waals surface area contributed by atoms with Crippen LogP contribution in [0.1, 0.15) is 52.0 Å². The van der Waals surface area contributed by atoms with Crippen LogP contribution in [-0.2, 0) is 6.42 Å². The lowest BCUT2D eigenvalue weighted by molar-refractivity contribution is 0.133. The van der Waals surface area contributed by atoms with Gasteiger partial charge in [-0.15, -0.1) is 0 Å². The van der Waals surface area contributed by atoms with Crippen LogP contribution < -0.4 is 5.73 Å². The van der Waals surface area contributed by atoms with Gasteiger partial charge in [-0.2, -0.15) is 0 Å². The van der Waals surface area contributed by atoms with Crippen molar-refractivity contribution in [2.45, 2.75) is 58.4 Å². The van der Waals surface area contributed by atoms with Crippen LogP contribution in [0.3, 0.4) is 0 Å². The van der Waals surface area contributed by atoms with Gasteiger partial charge in [0.25, 0.3) is 0 Å². The van der Waals surface area contributed by atoms with E-state index >= 15 is 0 Å². The van der Waals surface area contributed by atoms with E-state index in [0.717, 1.165) is 41.6 Å². The Kier molecular flexibility index (Phi) is 4.60. The predicted molar refractivity (Wildman–Crippen MR) is 86.1 cm³/mol. The molecule has 3 heteroatoms. The maximum absolute atomic E-state index is 14.0. The molecule has 0 heterocycles. The Balaban J connectivity index is 2.03. The fraction of sp³-hybridized carbons (Fsp3) is 0.647. The number of hydrogen-bond acceptors (Lipinski definition) is 1. The van der Waals surface area contributed by atoms with E-state index in [0.29, 0.717) is 11.8 Å². The zero-order valence-electron chi connectivity index (χ0n) is 12.7. The molecule has 1 saturated carbocycles. The van der Waals surface area contributed by atoms with Gasteiger partial charge in [0.1, 0.15) is 5.82 Å². The third-order valence-corrected chi connectivity index (χ3v) is 5.26. The number of hydrogen-bond donors (Lipinski definition) is 1. The highest BCUT2D eigenvalue weighted by Crippen LogP contribution is 2.41. The topological polar surface area (TPSA) is 26.0 Å². The molecule has 2 N–H and O–H groups in total. The Morgan fingerprint density at radius 3 is 2.40 bits per heavy atom. The van der Waals surface area contributed by atoms with Crippen LogP contribution in [0, 0.1) is 17.2 Å². The van der Waals surface area contributed by atoms with Crippen LogP contribution in [0.25, 0.3) is 0 Å². The van der Waals surface area contributed by atoms with Crippen molar-refractivity contribution in [2.75, 3.05) is 0 Å². The summed E-state index contributed by atoms with van der Waals surface area (Å²) in [6.07, 6.45) is 4.92. The molecule has 1 nitrogen and oxygen atoms in total. The van der Waals surface area contributed by atoms with Gasteiger partial charge in [-0.3, -0.25) is 0 Å². The Bertz CT molecular complexity index is 470. The average Bonchev–Trinajstić information content (AvgIpc) is 2.32. The first-order valence-corrected chi connectivity index (χ1v) is 8.22. The molecule has 1 aromatic rings. The van der Waals surface area contributed by atoms with Gasteiger partial charge in [0.15, 0.2) is 0 Å². The molecule has 20 heavy (non-hydrogen) atoms. The summed E-state index contributed by atoms with van der Waals surface area (Å²) in [5.41, 5.74) is 7.38. The smallest absolute Gasteiger partial charge is 0.127 e. The summed E-state index contributed by atoms with van der Waals surface area (Å²) in [5.74, 6) is 0.580. The molecule has 0 aromatic heterocycles. The van der Waals surface area contributed by atoms with E-state index in [4.69, 9.17) is 5.73 Å². The van der Waals surface area contributed by atoms with Gasteiger partial charge in [0.05, 0.1) is 0 Å². The second-order valence-corrected chi connectivity index (χ2v) is 8.33. The first-order valence-electron chi connectivity index (χ1n) is 7.42. The van der Waals surface area contributed by atoms with E-state index < -0.39 is 0 Å². The van der Waals surface area contributed by atoms with Crippen LogP contribution in [0.15, 0.2) is 22.7 Å². The predicted octanol–water partition coefficient (Wildman–Crippen LogP) is 5.06. The van der Waals surface area contributed by atoms with Crippen molar-refractivity contribution in [3.63, 3.8) is 0 Å². The summed E-state index contributed by atoms with van der Waals surface area (Å²) in [7, 11) is 0. The second-order valence-electron chi connectivity index (χ2n) is 7.42. The summed E-state index contributed by atoms with van der Waals surface area (Å²) in [5, 5.41) is 0. The molecule has 0 spiro atoms. The monoisotopic (exact) mass is 341 g/mol. The van der Waals surface area contributed by atoms with Gasteiger partial charge >= 0.3 is 0 Å². The molecule has 1 aliphatic carbocycles. The molecule has 1 aromatic carbocycles. The molecule has 112 valence electrons. The highest BCUT2D eigenvalue weighted by Gasteiger charge is 2.36. The van der Waals surface area contributed by atoms with Crippen molar-refractivity contribution in [1.29, 1.82) is 0 Å². The van der Waals surface area contributed by atoms with E-state index in [-0.39, 0.29) is 11.4 Å². The van der Waals surface area contributed by atoms with Crippen molar-refractivity contribution in [3.8, 4) is 0 Å². The lowest BCUT2D eigenvalue weighted by atomic mass is 9.66. The SMILES string of the molecule is CC(C)(C)C1CCC(N)(Cc2ccc(Br)cc2F)CC1. The summed E-state index contributed by atoms with van der Waals surface area (Å²) in [6, 6.07) is 5.27. The molecule has 1 aliphatic rings. The van der Waals surface area contributed by atoms with Gasteiger partial charge in [0, 0.05) is 10.0 Å². The van der Waals surface area contributed by atoms with Crippen LogP contribution in [-0.4, -0.2) is 5.54 Å². The maximum Gasteiger partial charge on any atom is 0.127 e. The van der Waals surface area contributed by atoms with E-state index in [1.54, 1.807) is 0 Å². The van der Waals surface area contributed by atoms with Crippen LogP contribution in [0.2, 0.25) is 0 Å². The number of nitrogens with two attached hydrogens (primary N) is 1. The van der Waals surface area contributed by atoms with Crippen molar-refractivity contribution < 1.29 is 4.39 Å². The van der Waals surface area contributed by atoms with Crippen molar-refractivity contribution in [2.24, 2.45) is 17.1 Å². The summed E-state index contributed by atoms with van der Waals surface area (Å²) in [6.45, 7) is 6.90. The Morgan fingerprint density at radius 1 is 1.30 bits per heavy atom. The molecule has 0 atom stereocenters. The summed E-state index contributed by atoms with van der Waals surface area (Å²) in [4.78, 5) is 0. The number of halogens is 2. The average molecular weight is 342 g/mol. The number of rotatable bonds is 2. The first kappa shape index (κ1) is 16.0.